The predicted octanol–water partition coefficient (Wildman–Crippen LogP) is 3.87. The van der Waals surface area contributed by atoms with E-state index in [0.29, 0.717) is 16.8 Å². The maximum atomic E-state index is 12.8. The van der Waals surface area contributed by atoms with Gasteiger partial charge in [0.1, 0.15) is 11.1 Å². The zero-order valence-electron chi connectivity index (χ0n) is 15.0. The van der Waals surface area contributed by atoms with Crippen LogP contribution in [0.3, 0.4) is 0 Å². The van der Waals surface area contributed by atoms with Crippen LogP contribution in [-0.4, -0.2) is 35.3 Å². The van der Waals surface area contributed by atoms with E-state index in [9.17, 15) is 22.8 Å². The number of anilines is 1. The summed E-state index contributed by atoms with van der Waals surface area (Å²) in [6.45, 7) is 1.97. The molecular formula is C19H17ClF3N3O2. The zero-order chi connectivity index (χ0) is 20.6. The highest BCUT2D eigenvalue weighted by Gasteiger charge is 2.44. The largest absolute Gasteiger partial charge is 0.416 e. The molecule has 0 saturated carbocycles. The van der Waals surface area contributed by atoms with Gasteiger partial charge in [0.15, 0.2) is 0 Å². The summed E-state index contributed by atoms with van der Waals surface area (Å²) in [5.41, 5.74) is 0.816. The minimum Gasteiger partial charge on any atom is -0.344 e. The van der Waals surface area contributed by atoms with E-state index in [0.717, 1.165) is 12.1 Å². The van der Waals surface area contributed by atoms with Crippen molar-refractivity contribution in [2.24, 2.45) is 5.92 Å². The Labute approximate surface area is 164 Å². The molecule has 1 aromatic carbocycles. The molecular weight excluding hydrogens is 395 g/mol. The zero-order valence-corrected chi connectivity index (χ0v) is 15.8. The van der Waals surface area contributed by atoms with Crippen molar-refractivity contribution < 1.29 is 22.8 Å². The monoisotopic (exact) mass is 411 g/mol. The van der Waals surface area contributed by atoms with Crippen molar-refractivity contribution in [1.82, 2.24) is 9.88 Å². The molecule has 1 saturated heterocycles. The third-order valence-corrected chi connectivity index (χ3v) is 5.01. The van der Waals surface area contributed by atoms with Crippen molar-refractivity contribution >= 4 is 29.1 Å². The Kier molecular flexibility index (Phi) is 5.34. The van der Waals surface area contributed by atoms with Crippen LogP contribution in [0.1, 0.15) is 22.6 Å². The number of hydrogen-bond donors (Lipinski definition) is 1. The number of amides is 2. The molecule has 148 valence electrons. The molecule has 0 spiro atoms. The van der Waals surface area contributed by atoms with Crippen LogP contribution in [0.15, 0.2) is 36.5 Å². The molecule has 28 heavy (non-hydrogen) atoms. The van der Waals surface area contributed by atoms with Gasteiger partial charge in [0.05, 0.1) is 17.4 Å². The first-order valence-corrected chi connectivity index (χ1v) is 8.81. The Hall–Kier alpha value is -2.61. The Morgan fingerprint density at radius 2 is 1.93 bits per heavy atom. The Morgan fingerprint density at radius 3 is 2.50 bits per heavy atom. The number of carbonyl (C=O) groups excluding carboxylic acids is 2. The number of hydrogen-bond acceptors (Lipinski definition) is 3. The van der Waals surface area contributed by atoms with Gasteiger partial charge in [-0.3, -0.25) is 9.59 Å². The van der Waals surface area contributed by atoms with Crippen molar-refractivity contribution in [3.05, 3.63) is 58.4 Å². The second-order valence-electron chi connectivity index (χ2n) is 6.73. The summed E-state index contributed by atoms with van der Waals surface area (Å²) in [6.07, 6.45) is -3.05. The Bertz CT molecular complexity index is 916. The topological polar surface area (TPSA) is 62.3 Å². The predicted molar refractivity (Wildman–Crippen MR) is 97.9 cm³/mol. The van der Waals surface area contributed by atoms with Crippen molar-refractivity contribution in [2.45, 2.75) is 19.0 Å². The summed E-state index contributed by atoms with van der Waals surface area (Å²) in [4.78, 5) is 30.7. The van der Waals surface area contributed by atoms with Crippen molar-refractivity contribution in [2.75, 3.05) is 18.9 Å². The fourth-order valence-corrected chi connectivity index (χ4v) is 3.49. The molecule has 2 heterocycles. The van der Waals surface area contributed by atoms with E-state index in [-0.39, 0.29) is 17.6 Å². The molecule has 3 rings (SSSR count). The summed E-state index contributed by atoms with van der Waals surface area (Å²) in [7, 11) is 1.56. The van der Waals surface area contributed by atoms with Crippen LogP contribution in [0.5, 0.6) is 0 Å². The Morgan fingerprint density at radius 1 is 1.29 bits per heavy atom. The van der Waals surface area contributed by atoms with Gasteiger partial charge in [-0.05, 0) is 36.2 Å². The molecule has 1 fully saturated rings. The van der Waals surface area contributed by atoms with E-state index in [1.54, 1.807) is 20.0 Å². The lowest BCUT2D eigenvalue weighted by Gasteiger charge is -2.18. The van der Waals surface area contributed by atoms with E-state index in [4.69, 9.17) is 11.6 Å². The van der Waals surface area contributed by atoms with Crippen LogP contribution in [0.4, 0.5) is 18.9 Å². The van der Waals surface area contributed by atoms with Crippen LogP contribution in [-0.2, 0) is 15.8 Å². The Balaban J connectivity index is 1.87. The van der Waals surface area contributed by atoms with Gasteiger partial charge < -0.3 is 10.2 Å². The maximum absolute atomic E-state index is 12.8. The van der Waals surface area contributed by atoms with Gasteiger partial charge in [0.2, 0.25) is 11.8 Å². The number of aryl methyl sites for hydroxylation is 1. The minimum absolute atomic E-state index is 0.236. The highest BCUT2D eigenvalue weighted by atomic mass is 35.5. The molecule has 0 radical (unpaired) electrons. The van der Waals surface area contributed by atoms with Gasteiger partial charge in [-0.1, -0.05) is 23.7 Å². The van der Waals surface area contributed by atoms with E-state index in [1.165, 1.54) is 23.2 Å². The lowest BCUT2D eigenvalue weighted by molar-refractivity contribution is -0.138. The molecule has 1 aliphatic heterocycles. The smallest absolute Gasteiger partial charge is 0.344 e. The highest BCUT2D eigenvalue weighted by Crippen LogP contribution is 2.36. The van der Waals surface area contributed by atoms with E-state index >= 15 is 0 Å². The molecule has 2 amide bonds. The fraction of sp³-hybridized carbons (Fsp3) is 0.316. The first-order chi connectivity index (χ1) is 13.1. The number of alkyl halides is 3. The number of nitrogens with zero attached hydrogens (tertiary/aromatic N) is 2. The number of pyridine rings is 1. The molecule has 1 aromatic heterocycles. The SMILES string of the molecule is Cc1cc(Cl)ncc1NC(=O)[C@@H]1C(=O)N(C)C[C@H]1c1ccc(C(F)(F)F)cc1. The fourth-order valence-electron chi connectivity index (χ4n) is 3.28. The molecule has 0 unspecified atom stereocenters. The van der Waals surface area contributed by atoms with Crippen LogP contribution < -0.4 is 5.32 Å². The van der Waals surface area contributed by atoms with E-state index in [1.807, 2.05) is 0 Å². The van der Waals surface area contributed by atoms with Crippen LogP contribution in [0.2, 0.25) is 5.15 Å². The lowest BCUT2D eigenvalue weighted by Crippen LogP contribution is -2.33. The number of carbonyl (C=O) groups is 2. The molecule has 2 aromatic rings. The second kappa shape index (κ2) is 7.43. The third kappa shape index (κ3) is 3.96. The lowest BCUT2D eigenvalue weighted by atomic mass is 9.87. The normalized spacial score (nSPS) is 19.8. The molecule has 0 bridgehead atoms. The van der Waals surface area contributed by atoms with Crippen LogP contribution in [0.25, 0.3) is 0 Å². The van der Waals surface area contributed by atoms with Gasteiger partial charge in [-0.15, -0.1) is 0 Å². The van der Waals surface area contributed by atoms with Crippen molar-refractivity contribution in [3.63, 3.8) is 0 Å². The number of rotatable bonds is 3. The maximum Gasteiger partial charge on any atom is 0.416 e. The number of aromatic nitrogens is 1. The summed E-state index contributed by atoms with van der Waals surface area (Å²) in [5.74, 6) is -2.52. The molecule has 5 nitrogen and oxygen atoms in total. The number of nitrogens with one attached hydrogen (secondary N) is 1. The van der Waals surface area contributed by atoms with Crippen molar-refractivity contribution in [3.8, 4) is 0 Å². The molecule has 1 aliphatic rings. The quantitative estimate of drug-likeness (QED) is 0.616. The first kappa shape index (κ1) is 20.1. The van der Waals surface area contributed by atoms with Gasteiger partial charge in [0.25, 0.3) is 0 Å². The minimum atomic E-state index is -4.45. The highest BCUT2D eigenvalue weighted by molar-refractivity contribution is 6.29. The van der Waals surface area contributed by atoms with Gasteiger partial charge in [-0.2, -0.15) is 13.2 Å². The van der Waals surface area contributed by atoms with Crippen molar-refractivity contribution in [1.29, 1.82) is 0 Å². The van der Waals surface area contributed by atoms with E-state index < -0.39 is 29.5 Å². The summed E-state index contributed by atoms with van der Waals surface area (Å²) < 4.78 is 38.4. The number of likely N-dealkylation sites (N-methyl/N-ethyl adjacent to an activating group) is 1. The number of likely N-dealkylation sites (tertiary alicyclic amines) is 1. The van der Waals surface area contributed by atoms with Crippen LogP contribution >= 0.6 is 11.6 Å². The molecule has 1 N–H and O–H groups in total. The average molecular weight is 412 g/mol. The second-order valence-corrected chi connectivity index (χ2v) is 7.12. The molecule has 9 heteroatoms. The van der Waals surface area contributed by atoms with Gasteiger partial charge in [-0.25, -0.2) is 4.98 Å². The third-order valence-electron chi connectivity index (χ3n) is 4.80. The van der Waals surface area contributed by atoms with E-state index in [2.05, 4.69) is 10.3 Å². The van der Waals surface area contributed by atoms with Crippen LogP contribution in [0, 0.1) is 12.8 Å². The first-order valence-electron chi connectivity index (χ1n) is 8.43. The average Bonchev–Trinajstić information content (AvgIpc) is 2.92. The summed E-state index contributed by atoms with van der Waals surface area (Å²) >= 11 is 5.81. The molecule has 2 atom stereocenters. The summed E-state index contributed by atoms with van der Waals surface area (Å²) in [6, 6.07) is 6.12. The van der Waals surface area contributed by atoms with Gasteiger partial charge in [0, 0.05) is 19.5 Å². The standard InChI is InChI=1S/C19H17ClF3N3O2/c1-10-7-15(20)24-8-14(10)25-17(27)16-13(9-26(2)18(16)28)11-3-5-12(6-4-11)19(21,22)23/h3-8,13,16H,9H2,1-2H3,(H,25,27)/t13-,16+/m0/s1. The summed E-state index contributed by atoms with van der Waals surface area (Å²) in [5, 5.41) is 2.95. The van der Waals surface area contributed by atoms with Gasteiger partial charge >= 0.3 is 6.18 Å². The number of benzene rings is 1. The number of halogens is 4. The molecule has 0 aliphatic carbocycles.